The number of amides is 1. The molecular formula is C12H20N6OS. The number of tetrazole rings is 1. The summed E-state index contributed by atoms with van der Waals surface area (Å²) in [5.74, 6) is -0.246. The monoisotopic (exact) mass is 296 g/mol. The molecule has 2 unspecified atom stereocenters. The lowest BCUT2D eigenvalue weighted by Crippen LogP contribution is -2.53. The molecule has 110 valence electrons. The molecule has 8 heteroatoms. The molecule has 1 heterocycles. The highest BCUT2D eigenvalue weighted by Crippen LogP contribution is 2.42. The van der Waals surface area contributed by atoms with Crippen LogP contribution in [0.3, 0.4) is 0 Å². The molecule has 2 aliphatic carbocycles. The van der Waals surface area contributed by atoms with Crippen LogP contribution in [0.25, 0.3) is 0 Å². The second kappa shape index (κ2) is 5.33. The number of nitrogens with one attached hydrogen (secondary N) is 1. The van der Waals surface area contributed by atoms with E-state index in [0.29, 0.717) is 11.3 Å². The molecule has 0 aromatic carbocycles. The Labute approximate surface area is 122 Å². The number of hydrogen-bond acceptors (Lipinski definition) is 6. The lowest BCUT2D eigenvalue weighted by atomic mass is 9.97. The Balaban J connectivity index is 1.67. The number of likely N-dealkylation sites (N-methyl/N-ethyl adjacent to an activating group) is 1. The summed E-state index contributed by atoms with van der Waals surface area (Å²) in [4.78, 5) is 11.8. The summed E-state index contributed by atoms with van der Waals surface area (Å²) in [7, 11) is 0. The summed E-state index contributed by atoms with van der Waals surface area (Å²) in [6, 6.07) is 0.476. The Morgan fingerprint density at radius 3 is 3.00 bits per heavy atom. The van der Waals surface area contributed by atoms with Crippen LogP contribution in [-0.4, -0.2) is 43.4 Å². The summed E-state index contributed by atoms with van der Waals surface area (Å²) >= 11 is 1.68. The minimum absolute atomic E-state index is 0.246. The maximum atomic E-state index is 11.8. The molecule has 3 N–H and O–H groups in total. The maximum Gasteiger partial charge on any atom is 0.237 e. The third-order valence-electron chi connectivity index (χ3n) is 4.08. The molecule has 0 saturated heterocycles. The van der Waals surface area contributed by atoms with Gasteiger partial charge < -0.3 is 11.1 Å². The quantitative estimate of drug-likeness (QED) is 0.792. The van der Waals surface area contributed by atoms with Gasteiger partial charge in [0, 0.05) is 5.25 Å². The van der Waals surface area contributed by atoms with Crippen LogP contribution < -0.4 is 11.1 Å². The number of primary amides is 1. The molecule has 1 amide bonds. The summed E-state index contributed by atoms with van der Waals surface area (Å²) in [6.45, 7) is 2.75. The lowest BCUT2D eigenvalue weighted by molar-refractivity contribution is -0.124. The van der Waals surface area contributed by atoms with E-state index in [0.717, 1.165) is 43.8 Å². The van der Waals surface area contributed by atoms with Crippen molar-refractivity contribution in [1.82, 2.24) is 25.5 Å². The van der Waals surface area contributed by atoms with Gasteiger partial charge in [0.2, 0.25) is 11.1 Å². The fourth-order valence-corrected chi connectivity index (χ4v) is 4.15. The van der Waals surface area contributed by atoms with Crippen molar-refractivity contribution < 1.29 is 4.79 Å². The number of aromatic nitrogens is 4. The number of carbonyl (C=O) groups excluding carboxylic acids is 1. The molecule has 2 atom stereocenters. The molecule has 1 aromatic heterocycles. The number of thioether (sulfide) groups is 1. The van der Waals surface area contributed by atoms with E-state index in [9.17, 15) is 4.79 Å². The summed E-state index contributed by atoms with van der Waals surface area (Å²) < 4.78 is 1.92. The number of rotatable bonds is 6. The van der Waals surface area contributed by atoms with Crippen LogP contribution in [-0.2, 0) is 4.79 Å². The molecule has 0 bridgehead atoms. The molecule has 1 aromatic rings. The number of carbonyl (C=O) groups is 1. The molecule has 3 rings (SSSR count). The smallest absolute Gasteiger partial charge is 0.237 e. The Hall–Kier alpha value is -1.15. The average molecular weight is 296 g/mol. The van der Waals surface area contributed by atoms with E-state index in [1.165, 1.54) is 0 Å². The highest BCUT2D eigenvalue weighted by molar-refractivity contribution is 7.99. The van der Waals surface area contributed by atoms with E-state index in [1.807, 2.05) is 11.6 Å². The van der Waals surface area contributed by atoms with Crippen LogP contribution in [0.2, 0.25) is 0 Å². The summed E-state index contributed by atoms with van der Waals surface area (Å²) in [6.07, 6.45) is 4.81. The Morgan fingerprint density at radius 1 is 1.55 bits per heavy atom. The zero-order chi connectivity index (χ0) is 14.2. The first-order valence-corrected chi connectivity index (χ1v) is 8.02. The Kier molecular flexibility index (Phi) is 3.68. The van der Waals surface area contributed by atoms with Crippen molar-refractivity contribution in [2.24, 2.45) is 5.73 Å². The molecular weight excluding hydrogens is 276 g/mol. The van der Waals surface area contributed by atoms with Crippen LogP contribution in [0.4, 0.5) is 0 Å². The van der Waals surface area contributed by atoms with E-state index in [4.69, 9.17) is 5.73 Å². The van der Waals surface area contributed by atoms with Crippen LogP contribution >= 0.6 is 11.8 Å². The van der Waals surface area contributed by atoms with Gasteiger partial charge in [-0.05, 0) is 49.1 Å². The van der Waals surface area contributed by atoms with Gasteiger partial charge in [-0.15, -0.1) is 5.10 Å². The van der Waals surface area contributed by atoms with Gasteiger partial charge in [0.25, 0.3) is 0 Å². The zero-order valence-corrected chi connectivity index (χ0v) is 12.4. The van der Waals surface area contributed by atoms with Crippen LogP contribution in [0.5, 0.6) is 0 Å². The predicted octanol–water partition coefficient (Wildman–Crippen LogP) is 0.486. The van der Waals surface area contributed by atoms with Crippen molar-refractivity contribution in [3.8, 4) is 0 Å². The topological polar surface area (TPSA) is 98.7 Å². The fraction of sp³-hybridized carbons (Fsp3) is 0.833. The number of nitrogens with two attached hydrogens (primary N) is 1. The zero-order valence-electron chi connectivity index (χ0n) is 11.6. The first-order valence-electron chi connectivity index (χ1n) is 7.14. The van der Waals surface area contributed by atoms with Crippen molar-refractivity contribution in [3.63, 3.8) is 0 Å². The first-order chi connectivity index (χ1) is 9.64. The highest BCUT2D eigenvalue weighted by atomic mass is 32.2. The Bertz CT molecular complexity index is 502. The normalized spacial score (nSPS) is 29.8. The van der Waals surface area contributed by atoms with Crippen LogP contribution in [0.1, 0.15) is 45.1 Å². The summed E-state index contributed by atoms with van der Waals surface area (Å²) in [5, 5.41) is 16.4. The molecule has 20 heavy (non-hydrogen) atoms. The van der Waals surface area contributed by atoms with Crippen LogP contribution in [0, 0.1) is 0 Å². The van der Waals surface area contributed by atoms with Crippen LogP contribution in [0.15, 0.2) is 5.16 Å². The van der Waals surface area contributed by atoms with Gasteiger partial charge in [-0.3, -0.25) is 4.79 Å². The second-order valence-electron chi connectivity index (χ2n) is 5.60. The molecule has 0 spiro atoms. The summed E-state index contributed by atoms with van der Waals surface area (Å²) in [5.41, 5.74) is 5.04. The van der Waals surface area contributed by atoms with E-state index in [1.54, 1.807) is 11.8 Å². The van der Waals surface area contributed by atoms with E-state index >= 15 is 0 Å². The standard InChI is InChI=1S/C12H20N6OS/c1-2-14-12(10(13)19)6-5-9(7-12)20-11-15-16-17-18(11)8-3-4-8/h8-9,14H,2-7H2,1H3,(H2,13,19). The lowest BCUT2D eigenvalue weighted by Gasteiger charge is -2.26. The van der Waals surface area contributed by atoms with E-state index in [-0.39, 0.29) is 5.91 Å². The van der Waals surface area contributed by atoms with Gasteiger partial charge in [-0.2, -0.15) is 0 Å². The minimum atomic E-state index is -0.551. The fourth-order valence-electron chi connectivity index (χ4n) is 2.87. The SMILES string of the molecule is CCNC1(C(N)=O)CCC(Sc2nnnn2C2CC2)C1. The largest absolute Gasteiger partial charge is 0.368 e. The predicted molar refractivity (Wildman–Crippen MR) is 75.2 cm³/mol. The molecule has 2 aliphatic rings. The number of hydrogen-bond donors (Lipinski definition) is 2. The third kappa shape index (κ3) is 2.54. The average Bonchev–Trinajstić information content (AvgIpc) is 3.02. The second-order valence-corrected chi connectivity index (χ2v) is 6.86. The van der Waals surface area contributed by atoms with Crippen molar-refractivity contribution in [1.29, 1.82) is 0 Å². The van der Waals surface area contributed by atoms with Crippen molar-refractivity contribution in [3.05, 3.63) is 0 Å². The van der Waals surface area contributed by atoms with Gasteiger partial charge in [0.1, 0.15) is 0 Å². The molecule has 7 nitrogen and oxygen atoms in total. The van der Waals surface area contributed by atoms with Crippen molar-refractivity contribution in [2.75, 3.05) is 6.54 Å². The van der Waals surface area contributed by atoms with E-state index in [2.05, 4.69) is 20.8 Å². The number of nitrogens with zero attached hydrogens (tertiary/aromatic N) is 4. The molecule has 2 fully saturated rings. The Morgan fingerprint density at radius 2 is 2.35 bits per heavy atom. The molecule has 0 aliphatic heterocycles. The molecule has 0 radical (unpaired) electrons. The minimum Gasteiger partial charge on any atom is -0.368 e. The van der Waals surface area contributed by atoms with Gasteiger partial charge in [-0.25, -0.2) is 4.68 Å². The van der Waals surface area contributed by atoms with E-state index < -0.39 is 5.54 Å². The van der Waals surface area contributed by atoms with Gasteiger partial charge in [0.05, 0.1) is 11.6 Å². The van der Waals surface area contributed by atoms with Gasteiger partial charge >= 0.3 is 0 Å². The van der Waals surface area contributed by atoms with Gasteiger partial charge in [-0.1, -0.05) is 18.7 Å². The van der Waals surface area contributed by atoms with Crippen molar-refractivity contribution in [2.45, 2.75) is 61.0 Å². The molecule has 2 saturated carbocycles. The van der Waals surface area contributed by atoms with Gasteiger partial charge in [0.15, 0.2) is 0 Å². The third-order valence-corrected chi connectivity index (χ3v) is 5.30. The maximum absolute atomic E-state index is 11.8. The highest BCUT2D eigenvalue weighted by Gasteiger charge is 2.44. The first kappa shape index (κ1) is 13.8. The van der Waals surface area contributed by atoms with Crippen molar-refractivity contribution >= 4 is 17.7 Å².